The fourth-order valence-corrected chi connectivity index (χ4v) is 4.90. The number of thioether (sulfide) groups is 1. The summed E-state index contributed by atoms with van der Waals surface area (Å²) in [5.41, 5.74) is 0.979. The number of rotatable bonds is 6. The molecule has 1 amide bonds. The molecule has 0 aliphatic heterocycles. The van der Waals surface area contributed by atoms with E-state index in [1.54, 1.807) is 11.3 Å². The molecule has 0 fully saturated rings. The predicted molar refractivity (Wildman–Crippen MR) is 97.5 cm³/mol. The minimum Gasteiger partial charge on any atom is -0.300 e. The summed E-state index contributed by atoms with van der Waals surface area (Å²) in [6, 6.07) is 8.01. The van der Waals surface area contributed by atoms with Gasteiger partial charge in [-0.1, -0.05) is 49.1 Å². The highest BCUT2D eigenvalue weighted by Crippen LogP contribution is 2.33. The van der Waals surface area contributed by atoms with Crippen molar-refractivity contribution in [2.75, 3.05) is 5.32 Å². The molecule has 2 heterocycles. The highest BCUT2D eigenvalue weighted by Gasteiger charge is 2.21. The number of hydrogen-bond acceptors (Lipinski definition) is 7. The van der Waals surface area contributed by atoms with Crippen LogP contribution >= 0.6 is 34.4 Å². The van der Waals surface area contributed by atoms with Gasteiger partial charge in [0.1, 0.15) is 5.01 Å². The van der Waals surface area contributed by atoms with Crippen molar-refractivity contribution in [2.45, 2.75) is 36.3 Å². The van der Waals surface area contributed by atoms with Crippen LogP contribution in [0.5, 0.6) is 0 Å². The number of hydrogen-bond donors (Lipinski definition) is 1. The molecule has 120 valence electrons. The topological polar surface area (TPSA) is 67.8 Å². The van der Waals surface area contributed by atoms with Crippen LogP contribution in [-0.2, 0) is 11.2 Å². The molecule has 8 heteroatoms. The lowest BCUT2D eigenvalue weighted by molar-refractivity contribution is -0.115. The number of nitrogens with one attached hydrogen (secondary N) is 1. The molecule has 0 unspecified atom stereocenters. The lowest BCUT2D eigenvalue weighted by atomic mass is 10.3. The van der Waals surface area contributed by atoms with Crippen LogP contribution in [0.15, 0.2) is 28.6 Å². The van der Waals surface area contributed by atoms with Gasteiger partial charge in [0.2, 0.25) is 11.0 Å². The second-order valence-electron chi connectivity index (χ2n) is 4.81. The summed E-state index contributed by atoms with van der Waals surface area (Å²) in [5.74, 6) is -0.0458. The van der Waals surface area contributed by atoms with Crippen LogP contribution in [0.1, 0.15) is 25.3 Å². The molecular formula is C15H16N4OS3. The largest absolute Gasteiger partial charge is 0.300 e. The Morgan fingerprint density at radius 1 is 1.26 bits per heavy atom. The maximum Gasteiger partial charge on any atom is 0.239 e. The van der Waals surface area contributed by atoms with E-state index in [-0.39, 0.29) is 11.2 Å². The summed E-state index contributed by atoms with van der Waals surface area (Å²) >= 11 is 4.55. The molecule has 0 spiro atoms. The second-order valence-corrected chi connectivity index (χ2v) is 8.35. The van der Waals surface area contributed by atoms with Crippen molar-refractivity contribution in [3.63, 3.8) is 0 Å². The Bertz CT molecular complexity index is 781. The highest BCUT2D eigenvalue weighted by molar-refractivity contribution is 8.02. The fourth-order valence-electron chi connectivity index (χ4n) is 1.98. The molecule has 2 aromatic heterocycles. The first-order valence-corrected chi connectivity index (χ1v) is 9.86. The van der Waals surface area contributed by atoms with Gasteiger partial charge in [0.05, 0.1) is 15.5 Å². The molecule has 1 N–H and O–H groups in total. The van der Waals surface area contributed by atoms with Crippen LogP contribution < -0.4 is 5.32 Å². The molecule has 0 saturated carbocycles. The average molecular weight is 365 g/mol. The molecule has 0 radical (unpaired) electrons. The van der Waals surface area contributed by atoms with Crippen molar-refractivity contribution in [3.8, 4) is 0 Å². The van der Waals surface area contributed by atoms with Gasteiger partial charge < -0.3 is 0 Å². The highest BCUT2D eigenvalue weighted by atomic mass is 32.2. The molecule has 0 bridgehead atoms. The Kier molecular flexibility index (Phi) is 5.24. The molecular weight excluding hydrogens is 348 g/mol. The fraction of sp³-hybridized carbons (Fsp3) is 0.333. The average Bonchev–Trinajstić information content (AvgIpc) is 3.18. The number of para-hydroxylation sites is 1. The molecule has 3 aromatic rings. The maximum atomic E-state index is 12.4. The first-order chi connectivity index (χ1) is 11.2. The Morgan fingerprint density at radius 2 is 2.09 bits per heavy atom. The van der Waals surface area contributed by atoms with Gasteiger partial charge in [0.15, 0.2) is 4.34 Å². The minimum atomic E-state index is -0.190. The summed E-state index contributed by atoms with van der Waals surface area (Å²) in [7, 11) is 0. The molecule has 0 saturated heterocycles. The summed E-state index contributed by atoms with van der Waals surface area (Å²) in [6.07, 6.45) is 1.55. The number of aryl methyl sites for hydroxylation is 1. The van der Waals surface area contributed by atoms with E-state index in [2.05, 4.69) is 20.5 Å². The van der Waals surface area contributed by atoms with Gasteiger partial charge in [-0.05, 0) is 25.0 Å². The van der Waals surface area contributed by atoms with Crippen molar-refractivity contribution >= 4 is 55.7 Å². The van der Waals surface area contributed by atoms with Crippen molar-refractivity contribution in [3.05, 3.63) is 29.3 Å². The van der Waals surface area contributed by atoms with E-state index in [1.165, 1.54) is 23.1 Å². The third kappa shape index (κ3) is 3.88. The zero-order valence-electron chi connectivity index (χ0n) is 12.8. The van der Waals surface area contributed by atoms with Crippen LogP contribution in [-0.4, -0.2) is 26.3 Å². The Morgan fingerprint density at radius 3 is 2.78 bits per heavy atom. The molecule has 23 heavy (non-hydrogen) atoms. The van der Waals surface area contributed by atoms with Crippen molar-refractivity contribution < 1.29 is 4.79 Å². The summed E-state index contributed by atoms with van der Waals surface area (Å²) < 4.78 is 2.06. The smallest absolute Gasteiger partial charge is 0.239 e. The number of amides is 1. The molecule has 0 aliphatic carbocycles. The second kappa shape index (κ2) is 7.37. The van der Waals surface area contributed by atoms with E-state index in [0.717, 1.165) is 32.4 Å². The first-order valence-electron chi connectivity index (χ1n) is 7.35. The zero-order valence-corrected chi connectivity index (χ0v) is 15.2. The number of anilines is 1. The van der Waals surface area contributed by atoms with Crippen molar-refractivity contribution in [1.29, 1.82) is 0 Å². The normalized spacial score (nSPS) is 12.4. The molecule has 1 atom stereocenters. The number of carbonyl (C=O) groups is 1. The van der Waals surface area contributed by atoms with Gasteiger partial charge in [-0.15, -0.1) is 21.5 Å². The van der Waals surface area contributed by atoms with E-state index >= 15 is 0 Å². The van der Waals surface area contributed by atoms with Crippen molar-refractivity contribution in [2.24, 2.45) is 0 Å². The van der Waals surface area contributed by atoms with Gasteiger partial charge in [0, 0.05) is 0 Å². The number of nitrogens with zero attached hydrogens (tertiary/aromatic N) is 3. The van der Waals surface area contributed by atoms with Crippen molar-refractivity contribution in [1.82, 2.24) is 15.2 Å². The Hall–Kier alpha value is -1.51. The number of benzene rings is 1. The quantitative estimate of drug-likeness (QED) is 0.663. The van der Waals surface area contributed by atoms with E-state index in [4.69, 9.17) is 0 Å². The standard InChI is InChI=1S/C15H16N4OS3/c1-3-10(13(20)17-14-19-18-12(4-2)23-14)21-15-16-9-7-5-6-8-11(9)22-15/h5-8,10H,3-4H2,1-2H3,(H,17,19,20)/t10-/m0/s1. The number of carbonyl (C=O) groups excluding carboxylic acids is 1. The monoisotopic (exact) mass is 364 g/mol. The number of aromatic nitrogens is 3. The first kappa shape index (κ1) is 16.4. The lowest BCUT2D eigenvalue weighted by Gasteiger charge is -2.11. The van der Waals surface area contributed by atoms with Crippen LogP contribution in [0.25, 0.3) is 10.2 Å². The van der Waals surface area contributed by atoms with Crippen LogP contribution in [0.2, 0.25) is 0 Å². The summed E-state index contributed by atoms with van der Waals surface area (Å²) in [6.45, 7) is 4.02. The zero-order chi connectivity index (χ0) is 16.2. The number of thiazole rings is 1. The van der Waals surface area contributed by atoms with Crippen LogP contribution in [0.3, 0.4) is 0 Å². The van der Waals surface area contributed by atoms with E-state index in [9.17, 15) is 4.79 Å². The summed E-state index contributed by atoms with van der Waals surface area (Å²) in [5, 5.41) is 12.2. The third-order valence-corrected chi connectivity index (χ3v) is 6.66. The molecule has 1 aromatic carbocycles. The molecule has 0 aliphatic rings. The van der Waals surface area contributed by atoms with Crippen LogP contribution in [0, 0.1) is 0 Å². The molecule has 3 rings (SSSR count). The minimum absolute atomic E-state index is 0.0458. The Labute approximate surface area is 146 Å². The lowest BCUT2D eigenvalue weighted by Crippen LogP contribution is -2.24. The van der Waals surface area contributed by atoms with Gasteiger partial charge in [0.25, 0.3) is 0 Å². The van der Waals surface area contributed by atoms with Gasteiger partial charge in [-0.25, -0.2) is 4.98 Å². The van der Waals surface area contributed by atoms with E-state index < -0.39 is 0 Å². The summed E-state index contributed by atoms with van der Waals surface area (Å²) in [4.78, 5) is 17.0. The van der Waals surface area contributed by atoms with E-state index in [1.807, 2.05) is 38.1 Å². The SMILES string of the molecule is CCc1nnc(NC(=O)[C@H](CC)Sc2nc3ccccc3s2)s1. The molecule has 5 nitrogen and oxygen atoms in total. The maximum absolute atomic E-state index is 12.4. The Balaban J connectivity index is 1.69. The van der Waals surface area contributed by atoms with Gasteiger partial charge >= 0.3 is 0 Å². The third-order valence-electron chi connectivity index (χ3n) is 3.18. The predicted octanol–water partition coefficient (Wildman–Crippen LogP) is 4.22. The van der Waals surface area contributed by atoms with E-state index in [0.29, 0.717) is 5.13 Å². The number of fused-ring (bicyclic) bond motifs is 1. The van der Waals surface area contributed by atoms with Gasteiger partial charge in [-0.2, -0.15) is 0 Å². The van der Waals surface area contributed by atoms with Crippen LogP contribution in [0.4, 0.5) is 5.13 Å². The van der Waals surface area contributed by atoms with Gasteiger partial charge in [-0.3, -0.25) is 10.1 Å².